The van der Waals surface area contributed by atoms with E-state index in [2.05, 4.69) is 6.92 Å². The van der Waals surface area contributed by atoms with Gasteiger partial charge < -0.3 is 10.5 Å². The zero-order valence-corrected chi connectivity index (χ0v) is 8.45. The molecule has 76 valence electrons. The van der Waals surface area contributed by atoms with E-state index in [0.717, 1.165) is 12.8 Å². The SMILES string of the molecule is CC(=O)OC1CCCC(CN)C1C. The summed E-state index contributed by atoms with van der Waals surface area (Å²) in [4.78, 5) is 10.8. The van der Waals surface area contributed by atoms with E-state index >= 15 is 0 Å². The van der Waals surface area contributed by atoms with Gasteiger partial charge in [0.05, 0.1) is 0 Å². The standard InChI is InChI=1S/C10H19NO2/c1-7-9(6-11)4-3-5-10(7)13-8(2)12/h7,9-10H,3-6,11H2,1-2H3. The van der Waals surface area contributed by atoms with Crippen molar-refractivity contribution < 1.29 is 9.53 Å². The van der Waals surface area contributed by atoms with Crippen LogP contribution >= 0.6 is 0 Å². The average molecular weight is 185 g/mol. The number of hydrogen-bond acceptors (Lipinski definition) is 3. The first-order valence-electron chi connectivity index (χ1n) is 5.02. The third kappa shape index (κ3) is 2.69. The van der Waals surface area contributed by atoms with Crippen molar-refractivity contribution in [3.05, 3.63) is 0 Å². The van der Waals surface area contributed by atoms with Crippen LogP contribution in [-0.2, 0) is 9.53 Å². The fraction of sp³-hybridized carbons (Fsp3) is 0.900. The van der Waals surface area contributed by atoms with Crippen LogP contribution < -0.4 is 5.73 Å². The summed E-state index contributed by atoms with van der Waals surface area (Å²) in [5, 5.41) is 0. The fourth-order valence-corrected chi connectivity index (χ4v) is 2.12. The molecular weight excluding hydrogens is 166 g/mol. The maximum Gasteiger partial charge on any atom is 0.302 e. The van der Waals surface area contributed by atoms with Gasteiger partial charge >= 0.3 is 5.97 Å². The van der Waals surface area contributed by atoms with Gasteiger partial charge in [-0.15, -0.1) is 0 Å². The van der Waals surface area contributed by atoms with Gasteiger partial charge in [-0.1, -0.05) is 6.92 Å². The molecule has 2 N–H and O–H groups in total. The Balaban J connectivity index is 2.49. The highest BCUT2D eigenvalue weighted by Gasteiger charge is 2.30. The second-order valence-corrected chi connectivity index (χ2v) is 3.93. The summed E-state index contributed by atoms with van der Waals surface area (Å²) in [6, 6.07) is 0. The Morgan fingerprint density at radius 2 is 2.23 bits per heavy atom. The van der Waals surface area contributed by atoms with E-state index in [0.29, 0.717) is 18.4 Å². The molecule has 0 aromatic carbocycles. The lowest BCUT2D eigenvalue weighted by molar-refractivity contribution is -0.151. The molecule has 3 unspecified atom stereocenters. The minimum atomic E-state index is -0.172. The lowest BCUT2D eigenvalue weighted by Crippen LogP contribution is -2.37. The molecule has 0 radical (unpaired) electrons. The summed E-state index contributed by atoms with van der Waals surface area (Å²) in [6.45, 7) is 4.31. The molecule has 1 rings (SSSR count). The van der Waals surface area contributed by atoms with Crippen LogP contribution in [0.1, 0.15) is 33.1 Å². The Kier molecular flexibility index (Phi) is 3.72. The van der Waals surface area contributed by atoms with Crippen LogP contribution in [0.4, 0.5) is 0 Å². The molecule has 3 nitrogen and oxygen atoms in total. The molecule has 0 amide bonds. The number of ether oxygens (including phenoxy) is 1. The molecule has 0 aromatic heterocycles. The van der Waals surface area contributed by atoms with Gasteiger partial charge in [0, 0.05) is 6.92 Å². The van der Waals surface area contributed by atoms with Crippen LogP contribution in [0, 0.1) is 11.8 Å². The van der Waals surface area contributed by atoms with Crippen molar-refractivity contribution in [3.63, 3.8) is 0 Å². The Hall–Kier alpha value is -0.570. The number of rotatable bonds is 2. The molecule has 0 heterocycles. The van der Waals surface area contributed by atoms with Crippen molar-refractivity contribution in [2.24, 2.45) is 17.6 Å². The monoisotopic (exact) mass is 185 g/mol. The highest BCUT2D eigenvalue weighted by Crippen LogP contribution is 2.31. The van der Waals surface area contributed by atoms with E-state index in [1.54, 1.807) is 0 Å². The lowest BCUT2D eigenvalue weighted by Gasteiger charge is -2.34. The molecule has 3 atom stereocenters. The van der Waals surface area contributed by atoms with Crippen molar-refractivity contribution in [2.75, 3.05) is 6.54 Å². The van der Waals surface area contributed by atoms with Gasteiger partial charge in [0.1, 0.15) is 6.10 Å². The predicted octanol–water partition coefficient (Wildman–Crippen LogP) is 1.31. The molecular formula is C10H19NO2. The number of esters is 1. The quantitative estimate of drug-likeness (QED) is 0.660. The number of carbonyl (C=O) groups excluding carboxylic acids is 1. The second-order valence-electron chi connectivity index (χ2n) is 3.93. The molecule has 0 spiro atoms. The Bertz CT molecular complexity index is 182. The van der Waals surface area contributed by atoms with Gasteiger partial charge in [-0.2, -0.15) is 0 Å². The van der Waals surface area contributed by atoms with E-state index in [1.807, 2.05) is 0 Å². The molecule has 0 saturated heterocycles. The predicted molar refractivity (Wildman–Crippen MR) is 51.1 cm³/mol. The van der Waals surface area contributed by atoms with Crippen LogP contribution in [0.5, 0.6) is 0 Å². The van der Waals surface area contributed by atoms with Crippen molar-refractivity contribution in [3.8, 4) is 0 Å². The van der Waals surface area contributed by atoms with Crippen molar-refractivity contribution in [1.82, 2.24) is 0 Å². The molecule has 13 heavy (non-hydrogen) atoms. The molecule has 0 bridgehead atoms. The van der Waals surface area contributed by atoms with Gasteiger partial charge in [0.2, 0.25) is 0 Å². The fourth-order valence-electron chi connectivity index (χ4n) is 2.12. The van der Waals surface area contributed by atoms with Gasteiger partial charge in [0.15, 0.2) is 0 Å². The van der Waals surface area contributed by atoms with Crippen LogP contribution in [0.2, 0.25) is 0 Å². The summed E-state index contributed by atoms with van der Waals surface area (Å²) < 4.78 is 5.24. The highest BCUT2D eigenvalue weighted by atomic mass is 16.5. The maximum atomic E-state index is 10.8. The van der Waals surface area contributed by atoms with Crippen LogP contribution in [-0.4, -0.2) is 18.6 Å². The van der Waals surface area contributed by atoms with E-state index in [-0.39, 0.29) is 12.1 Å². The zero-order chi connectivity index (χ0) is 9.84. The minimum Gasteiger partial charge on any atom is -0.462 e. The first kappa shape index (κ1) is 10.5. The van der Waals surface area contributed by atoms with Crippen LogP contribution in [0.15, 0.2) is 0 Å². The van der Waals surface area contributed by atoms with Gasteiger partial charge in [0.25, 0.3) is 0 Å². The summed E-state index contributed by atoms with van der Waals surface area (Å²) in [5.41, 5.74) is 5.65. The largest absolute Gasteiger partial charge is 0.462 e. The van der Waals surface area contributed by atoms with Gasteiger partial charge in [-0.25, -0.2) is 0 Å². The Morgan fingerprint density at radius 3 is 2.77 bits per heavy atom. The summed E-state index contributed by atoms with van der Waals surface area (Å²) in [7, 11) is 0. The molecule has 0 aromatic rings. The third-order valence-electron chi connectivity index (χ3n) is 3.01. The first-order valence-corrected chi connectivity index (χ1v) is 5.02. The first-order chi connectivity index (χ1) is 6.15. The molecule has 1 fully saturated rings. The van der Waals surface area contributed by atoms with E-state index in [4.69, 9.17) is 10.5 Å². The topological polar surface area (TPSA) is 52.3 Å². The lowest BCUT2D eigenvalue weighted by atomic mass is 9.78. The molecule has 1 aliphatic rings. The number of carbonyl (C=O) groups is 1. The molecule has 1 aliphatic carbocycles. The maximum absolute atomic E-state index is 10.8. The number of hydrogen-bond donors (Lipinski definition) is 1. The normalized spacial score (nSPS) is 34.2. The number of nitrogens with two attached hydrogens (primary N) is 1. The minimum absolute atomic E-state index is 0.0970. The van der Waals surface area contributed by atoms with Crippen molar-refractivity contribution >= 4 is 5.97 Å². The zero-order valence-electron chi connectivity index (χ0n) is 8.45. The van der Waals surface area contributed by atoms with E-state index in [1.165, 1.54) is 13.3 Å². The molecule has 1 saturated carbocycles. The molecule has 3 heteroatoms. The smallest absolute Gasteiger partial charge is 0.302 e. The van der Waals surface area contributed by atoms with Gasteiger partial charge in [-0.05, 0) is 37.6 Å². The van der Waals surface area contributed by atoms with Crippen molar-refractivity contribution in [2.45, 2.75) is 39.2 Å². The molecule has 0 aliphatic heterocycles. The van der Waals surface area contributed by atoms with E-state index in [9.17, 15) is 4.79 Å². The second kappa shape index (κ2) is 4.61. The Morgan fingerprint density at radius 1 is 1.54 bits per heavy atom. The van der Waals surface area contributed by atoms with Crippen LogP contribution in [0.3, 0.4) is 0 Å². The summed E-state index contributed by atoms with van der Waals surface area (Å²) >= 11 is 0. The summed E-state index contributed by atoms with van der Waals surface area (Å²) in [6.07, 6.45) is 3.40. The van der Waals surface area contributed by atoms with Crippen molar-refractivity contribution in [1.29, 1.82) is 0 Å². The van der Waals surface area contributed by atoms with Gasteiger partial charge in [-0.3, -0.25) is 4.79 Å². The summed E-state index contributed by atoms with van der Waals surface area (Å²) in [5.74, 6) is 0.773. The third-order valence-corrected chi connectivity index (χ3v) is 3.01. The van der Waals surface area contributed by atoms with Crippen LogP contribution in [0.25, 0.3) is 0 Å². The Labute approximate surface area is 79.6 Å². The average Bonchev–Trinajstić information content (AvgIpc) is 2.08. The highest BCUT2D eigenvalue weighted by molar-refractivity contribution is 5.66. The van der Waals surface area contributed by atoms with E-state index < -0.39 is 0 Å².